The van der Waals surface area contributed by atoms with Crippen LogP contribution in [0.3, 0.4) is 0 Å². The number of hydrogen-bond donors (Lipinski definition) is 1. The topological polar surface area (TPSA) is 64.9 Å². The standard InChI is InChI=1S/C15H23N3O/c16-15(5-1-2-6-15)14-17-13(19-18-14)9-12-8-10-3-4-11(12)7-10/h10-12H,1-9,16H2. The normalized spacial score (nSPS) is 36.2. The van der Waals surface area contributed by atoms with Crippen molar-refractivity contribution in [1.82, 2.24) is 10.1 Å². The van der Waals surface area contributed by atoms with Crippen LogP contribution in [0, 0.1) is 17.8 Å². The predicted octanol–water partition coefficient (Wildman–Crippen LogP) is 2.78. The van der Waals surface area contributed by atoms with Gasteiger partial charge in [0.05, 0.1) is 5.54 Å². The molecule has 0 spiro atoms. The first kappa shape index (κ1) is 11.9. The fourth-order valence-corrected chi connectivity index (χ4v) is 4.62. The second kappa shape index (κ2) is 4.30. The highest BCUT2D eigenvalue weighted by Crippen LogP contribution is 2.49. The molecule has 2 bridgehead atoms. The number of fused-ring (bicyclic) bond motifs is 2. The monoisotopic (exact) mass is 261 g/mol. The Balaban J connectivity index is 1.46. The summed E-state index contributed by atoms with van der Waals surface area (Å²) in [5.74, 6) is 4.25. The molecular weight excluding hydrogens is 238 g/mol. The van der Waals surface area contributed by atoms with Crippen LogP contribution in [0.4, 0.5) is 0 Å². The number of nitrogens with zero attached hydrogens (tertiary/aromatic N) is 2. The fourth-order valence-electron chi connectivity index (χ4n) is 4.62. The van der Waals surface area contributed by atoms with Crippen molar-refractivity contribution in [3.05, 3.63) is 11.7 Å². The molecule has 104 valence electrons. The Morgan fingerprint density at radius 2 is 2.05 bits per heavy atom. The zero-order chi connectivity index (χ0) is 12.9. The molecule has 3 fully saturated rings. The molecule has 1 aromatic rings. The third kappa shape index (κ3) is 2.00. The van der Waals surface area contributed by atoms with Crippen molar-refractivity contribution in [3.8, 4) is 0 Å². The van der Waals surface area contributed by atoms with Crippen LogP contribution in [0.25, 0.3) is 0 Å². The van der Waals surface area contributed by atoms with Crippen molar-refractivity contribution in [2.24, 2.45) is 23.5 Å². The Bertz CT molecular complexity index is 464. The molecule has 0 aromatic carbocycles. The molecule has 3 saturated carbocycles. The Labute approximate surface area is 114 Å². The van der Waals surface area contributed by atoms with Crippen molar-refractivity contribution >= 4 is 0 Å². The van der Waals surface area contributed by atoms with E-state index >= 15 is 0 Å². The fraction of sp³-hybridized carbons (Fsp3) is 0.867. The highest BCUT2D eigenvalue weighted by atomic mass is 16.5. The van der Waals surface area contributed by atoms with Gasteiger partial charge in [0.25, 0.3) is 0 Å². The maximum absolute atomic E-state index is 6.38. The van der Waals surface area contributed by atoms with E-state index in [2.05, 4.69) is 10.1 Å². The summed E-state index contributed by atoms with van der Waals surface area (Å²) in [5, 5.41) is 4.16. The molecule has 3 aliphatic carbocycles. The highest BCUT2D eigenvalue weighted by Gasteiger charge is 2.41. The first-order valence-electron chi connectivity index (χ1n) is 7.85. The van der Waals surface area contributed by atoms with E-state index in [9.17, 15) is 0 Å². The number of hydrogen-bond acceptors (Lipinski definition) is 4. The van der Waals surface area contributed by atoms with Gasteiger partial charge in [-0.3, -0.25) is 0 Å². The van der Waals surface area contributed by atoms with E-state index in [0.717, 1.165) is 48.7 Å². The van der Waals surface area contributed by atoms with Crippen LogP contribution in [-0.2, 0) is 12.0 Å². The largest absolute Gasteiger partial charge is 0.339 e. The summed E-state index contributed by atoms with van der Waals surface area (Å²) in [5.41, 5.74) is 6.07. The lowest BCUT2D eigenvalue weighted by Gasteiger charge is -2.19. The van der Waals surface area contributed by atoms with Crippen LogP contribution in [0.15, 0.2) is 4.52 Å². The van der Waals surface area contributed by atoms with Gasteiger partial charge in [-0.1, -0.05) is 24.4 Å². The van der Waals surface area contributed by atoms with Crippen LogP contribution in [0.1, 0.15) is 63.1 Å². The molecule has 3 aliphatic rings. The minimum Gasteiger partial charge on any atom is -0.339 e. The SMILES string of the molecule is NC1(c2noc(CC3CC4CCC3C4)n2)CCCC1. The van der Waals surface area contributed by atoms with Crippen molar-refractivity contribution in [1.29, 1.82) is 0 Å². The van der Waals surface area contributed by atoms with Crippen molar-refractivity contribution in [2.75, 3.05) is 0 Å². The third-order valence-electron chi connectivity index (χ3n) is 5.73. The minimum absolute atomic E-state index is 0.309. The van der Waals surface area contributed by atoms with Gasteiger partial charge in [-0.05, 0) is 49.9 Å². The second-order valence-corrected chi connectivity index (χ2v) is 7.01. The summed E-state index contributed by atoms with van der Waals surface area (Å²) in [6.07, 6.45) is 11.0. The molecule has 0 aliphatic heterocycles. The lowest BCUT2D eigenvalue weighted by Crippen LogP contribution is -2.34. The summed E-state index contributed by atoms with van der Waals surface area (Å²) < 4.78 is 5.47. The minimum atomic E-state index is -0.309. The van der Waals surface area contributed by atoms with E-state index in [1.165, 1.54) is 38.5 Å². The second-order valence-electron chi connectivity index (χ2n) is 7.01. The summed E-state index contributed by atoms with van der Waals surface area (Å²) in [6.45, 7) is 0. The van der Waals surface area contributed by atoms with Crippen LogP contribution in [-0.4, -0.2) is 10.1 Å². The first-order valence-corrected chi connectivity index (χ1v) is 7.85. The van der Waals surface area contributed by atoms with Gasteiger partial charge in [0.1, 0.15) is 0 Å². The van der Waals surface area contributed by atoms with Crippen molar-refractivity contribution in [2.45, 2.75) is 63.3 Å². The smallest absolute Gasteiger partial charge is 0.227 e. The molecule has 0 saturated heterocycles. The highest BCUT2D eigenvalue weighted by molar-refractivity contribution is 5.07. The number of nitrogens with two attached hydrogens (primary N) is 1. The molecule has 0 amide bonds. The number of rotatable bonds is 3. The molecular formula is C15H23N3O. The third-order valence-corrected chi connectivity index (χ3v) is 5.73. The zero-order valence-corrected chi connectivity index (χ0v) is 11.5. The summed E-state index contributed by atoms with van der Waals surface area (Å²) in [6, 6.07) is 0. The van der Waals surface area contributed by atoms with Gasteiger partial charge >= 0.3 is 0 Å². The Morgan fingerprint density at radius 3 is 2.74 bits per heavy atom. The van der Waals surface area contributed by atoms with Gasteiger partial charge in [-0.2, -0.15) is 4.98 Å². The van der Waals surface area contributed by atoms with E-state index in [0.29, 0.717) is 0 Å². The average molecular weight is 261 g/mol. The molecule has 3 unspecified atom stereocenters. The lowest BCUT2D eigenvalue weighted by molar-refractivity contribution is 0.285. The van der Waals surface area contributed by atoms with Crippen LogP contribution >= 0.6 is 0 Å². The number of aromatic nitrogens is 2. The maximum Gasteiger partial charge on any atom is 0.227 e. The van der Waals surface area contributed by atoms with Crippen LogP contribution in [0.5, 0.6) is 0 Å². The van der Waals surface area contributed by atoms with Crippen LogP contribution < -0.4 is 5.73 Å². The molecule has 3 atom stereocenters. The van der Waals surface area contributed by atoms with Crippen molar-refractivity contribution in [3.63, 3.8) is 0 Å². The molecule has 4 nitrogen and oxygen atoms in total. The van der Waals surface area contributed by atoms with Gasteiger partial charge in [0.15, 0.2) is 5.82 Å². The quantitative estimate of drug-likeness (QED) is 0.908. The predicted molar refractivity (Wildman–Crippen MR) is 71.3 cm³/mol. The molecule has 1 aromatic heterocycles. The average Bonchev–Trinajstić information content (AvgIpc) is 3.11. The molecule has 1 heterocycles. The lowest BCUT2D eigenvalue weighted by atomic mass is 9.86. The van der Waals surface area contributed by atoms with E-state index in [4.69, 9.17) is 10.3 Å². The molecule has 4 rings (SSSR count). The molecule has 2 N–H and O–H groups in total. The van der Waals surface area contributed by atoms with E-state index in [1.54, 1.807) is 0 Å². The maximum atomic E-state index is 6.38. The van der Waals surface area contributed by atoms with E-state index in [-0.39, 0.29) is 5.54 Å². The first-order chi connectivity index (χ1) is 9.23. The van der Waals surface area contributed by atoms with Crippen molar-refractivity contribution < 1.29 is 4.52 Å². The molecule has 4 heteroatoms. The summed E-state index contributed by atoms with van der Waals surface area (Å²) >= 11 is 0. The van der Waals surface area contributed by atoms with Gasteiger partial charge in [-0.25, -0.2) is 0 Å². The van der Waals surface area contributed by atoms with E-state index < -0.39 is 0 Å². The van der Waals surface area contributed by atoms with Crippen LogP contribution in [0.2, 0.25) is 0 Å². The Morgan fingerprint density at radius 1 is 1.21 bits per heavy atom. The summed E-state index contributed by atoms with van der Waals surface area (Å²) in [4.78, 5) is 4.61. The van der Waals surface area contributed by atoms with Gasteiger partial charge < -0.3 is 10.3 Å². The summed E-state index contributed by atoms with van der Waals surface area (Å²) in [7, 11) is 0. The Kier molecular flexibility index (Phi) is 2.69. The Hall–Kier alpha value is -0.900. The van der Waals surface area contributed by atoms with Gasteiger partial charge in [0, 0.05) is 6.42 Å². The van der Waals surface area contributed by atoms with Gasteiger partial charge in [0.2, 0.25) is 5.89 Å². The van der Waals surface area contributed by atoms with Gasteiger partial charge in [-0.15, -0.1) is 0 Å². The molecule has 0 radical (unpaired) electrons. The molecule has 19 heavy (non-hydrogen) atoms. The van der Waals surface area contributed by atoms with E-state index in [1.807, 2.05) is 0 Å². The zero-order valence-electron chi connectivity index (χ0n) is 11.5.